The Kier molecular flexibility index (Phi) is 3.79. The second-order valence-electron chi connectivity index (χ2n) is 6.18. The Morgan fingerprint density at radius 3 is 2.52 bits per heavy atom. The largest absolute Gasteiger partial charge is 0.459 e. The SMILES string of the molecule is CC1(C)[C@H](C(=O)OCc2ccccc2)N2C(=O)[C@H](Br)[C@H]2S1(=O)=O. The monoisotopic (exact) mass is 401 g/mol. The van der Waals surface area contributed by atoms with Crippen LogP contribution in [0.2, 0.25) is 0 Å². The molecule has 0 N–H and O–H groups in total. The third-order valence-corrected chi connectivity index (χ3v) is 8.52. The van der Waals surface area contributed by atoms with Gasteiger partial charge in [-0.2, -0.15) is 0 Å². The number of rotatable bonds is 3. The molecule has 0 aromatic heterocycles. The Bertz CT molecular complexity index is 761. The van der Waals surface area contributed by atoms with Gasteiger partial charge in [0.1, 0.15) is 22.2 Å². The number of alkyl halides is 1. The first-order chi connectivity index (χ1) is 10.7. The van der Waals surface area contributed by atoms with E-state index < -0.39 is 42.7 Å². The zero-order valence-electron chi connectivity index (χ0n) is 12.6. The van der Waals surface area contributed by atoms with E-state index in [-0.39, 0.29) is 6.61 Å². The molecule has 2 aliphatic heterocycles. The Balaban J connectivity index is 1.84. The molecule has 124 valence electrons. The summed E-state index contributed by atoms with van der Waals surface area (Å²) in [6.45, 7) is 2.96. The van der Waals surface area contributed by atoms with Crippen molar-refractivity contribution in [1.29, 1.82) is 0 Å². The Hall–Kier alpha value is -1.41. The van der Waals surface area contributed by atoms with Crippen molar-refractivity contribution in [2.45, 2.75) is 41.4 Å². The van der Waals surface area contributed by atoms with Crippen LogP contribution < -0.4 is 0 Å². The number of hydrogen-bond donors (Lipinski definition) is 0. The first-order valence-corrected chi connectivity index (χ1v) is 9.56. The van der Waals surface area contributed by atoms with E-state index in [2.05, 4.69) is 15.9 Å². The van der Waals surface area contributed by atoms with Crippen molar-refractivity contribution in [2.24, 2.45) is 0 Å². The molecule has 1 amide bonds. The van der Waals surface area contributed by atoms with Crippen molar-refractivity contribution in [3.05, 3.63) is 35.9 Å². The molecule has 6 nitrogen and oxygen atoms in total. The van der Waals surface area contributed by atoms with Gasteiger partial charge in [0, 0.05) is 0 Å². The molecule has 23 heavy (non-hydrogen) atoms. The highest BCUT2D eigenvalue weighted by molar-refractivity contribution is 9.10. The summed E-state index contributed by atoms with van der Waals surface area (Å²) in [5.74, 6) is -1.09. The minimum absolute atomic E-state index is 0.0384. The molecule has 0 radical (unpaired) electrons. The van der Waals surface area contributed by atoms with Gasteiger partial charge in [-0.1, -0.05) is 46.3 Å². The minimum atomic E-state index is -3.67. The predicted octanol–water partition coefficient (Wildman–Crippen LogP) is 1.24. The number of hydrogen-bond acceptors (Lipinski definition) is 5. The first kappa shape index (κ1) is 16.4. The number of carbonyl (C=O) groups is 2. The normalized spacial score (nSPS) is 30.5. The van der Waals surface area contributed by atoms with Crippen molar-refractivity contribution in [3.8, 4) is 0 Å². The number of carbonyl (C=O) groups excluding carboxylic acids is 2. The smallest absolute Gasteiger partial charge is 0.330 e. The number of sulfone groups is 1. The molecule has 0 unspecified atom stereocenters. The first-order valence-electron chi connectivity index (χ1n) is 7.10. The number of amides is 1. The maximum Gasteiger partial charge on any atom is 0.330 e. The van der Waals surface area contributed by atoms with Crippen molar-refractivity contribution >= 4 is 37.6 Å². The van der Waals surface area contributed by atoms with Crippen LogP contribution in [0.25, 0.3) is 0 Å². The molecule has 0 spiro atoms. The number of ether oxygens (including phenoxy) is 1. The van der Waals surface area contributed by atoms with Crippen LogP contribution in [-0.2, 0) is 30.8 Å². The van der Waals surface area contributed by atoms with Crippen LogP contribution in [0.3, 0.4) is 0 Å². The summed E-state index contributed by atoms with van der Waals surface area (Å²) in [4.78, 5) is 24.8. The number of benzene rings is 1. The van der Waals surface area contributed by atoms with Crippen LogP contribution in [0.1, 0.15) is 19.4 Å². The Labute approximate surface area is 142 Å². The van der Waals surface area contributed by atoms with Crippen LogP contribution in [0.4, 0.5) is 0 Å². The maximum atomic E-state index is 12.6. The lowest BCUT2D eigenvalue weighted by Crippen LogP contribution is -2.64. The second-order valence-corrected chi connectivity index (χ2v) is 9.79. The summed E-state index contributed by atoms with van der Waals surface area (Å²) in [5, 5.41) is -1.00. The van der Waals surface area contributed by atoms with E-state index in [0.29, 0.717) is 0 Å². The third-order valence-electron chi connectivity index (χ3n) is 4.45. The topological polar surface area (TPSA) is 80.8 Å². The lowest BCUT2D eigenvalue weighted by atomic mass is 9.98. The van der Waals surface area contributed by atoms with E-state index in [1.54, 1.807) is 12.1 Å². The van der Waals surface area contributed by atoms with E-state index >= 15 is 0 Å². The van der Waals surface area contributed by atoms with E-state index in [1.807, 2.05) is 18.2 Å². The van der Waals surface area contributed by atoms with Crippen LogP contribution in [-0.4, -0.2) is 46.2 Å². The Morgan fingerprint density at radius 1 is 1.30 bits per heavy atom. The van der Waals surface area contributed by atoms with Crippen LogP contribution in [0.15, 0.2) is 30.3 Å². The summed E-state index contributed by atoms with van der Waals surface area (Å²) >= 11 is 3.09. The molecule has 0 saturated carbocycles. The van der Waals surface area contributed by atoms with E-state index in [4.69, 9.17) is 4.74 Å². The van der Waals surface area contributed by atoms with Gasteiger partial charge in [-0.15, -0.1) is 0 Å². The van der Waals surface area contributed by atoms with E-state index in [0.717, 1.165) is 10.5 Å². The summed E-state index contributed by atoms with van der Waals surface area (Å²) < 4.78 is 29.1. The number of esters is 1. The molecule has 0 bridgehead atoms. The molecular formula is C15H16BrNO5S. The van der Waals surface area contributed by atoms with Crippen molar-refractivity contribution < 1.29 is 22.7 Å². The standard InChI is InChI=1S/C15H16BrNO5S/c1-15(2)11(14(19)22-8-9-6-4-3-5-7-9)17-12(18)10(16)13(17)23(15,20)21/h3-7,10-11,13H,8H2,1-2H3/t10-,11-,13+/m0/s1. The molecule has 8 heteroatoms. The summed E-state index contributed by atoms with van der Waals surface area (Å²) in [6, 6.07) is 7.96. The zero-order valence-corrected chi connectivity index (χ0v) is 15.0. The van der Waals surface area contributed by atoms with Gasteiger partial charge >= 0.3 is 5.97 Å². The van der Waals surface area contributed by atoms with Gasteiger partial charge in [0.2, 0.25) is 5.91 Å². The van der Waals surface area contributed by atoms with Gasteiger partial charge in [-0.3, -0.25) is 4.79 Å². The van der Waals surface area contributed by atoms with Crippen molar-refractivity contribution in [3.63, 3.8) is 0 Å². The molecule has 2 heterocycles. The fraction of sp³-hybridized carbons (Fsp3) is 0.467. The highest BCUT2D eigenvalue weighted by Gasteiger charge is 2.71. The summed E-state index contributed by atoms with van der Waals surface area (Å²) in [5.41, 5.74) is 0.796. The zero-order chi connectivity index (χ0) is 17.0. The number of nitrogens with zero attached hydrogens (tertiary/aromatic N) is 1. The van der Waals surface area contributed by atoms with Gasteiger partial charge in [0.25, 0.3) is 0 Å². The average Bonchev–Trinajstić information content (AvgIpc) is 2.66. The number of β-lactam (4-membered cyclic amide) rings is 1. The van der Waals surface area contributed by atoms with E-state index in [1.165, 1.54) is 13.8 Å². The minimum Gasteiger partial charge on any atom is -0.459 e. The molecule has 0 aliphatic carbocycles. The maximum absolute atomic E-state index is 12.6. The average molecular weight is 402 g/mol. The van der Waals surface area contributed by atoms with Gasteiger partial charge in [0.15, 0.2) is 15.2 Å². The highest BCUT2D eigenvalue weighted by atomic mass is 79.9. The highest BCUT2D eigenvalue weighted by Crippen LogP contribution is 2.48. The Morgan fingerprint density at radius 2 is 1.91 bits per heavy atom. The second kappa shape index (κ2) is 5.31. The predicted molar refractivity (Wildman–Crippen MR) is 86.4 cm³/mol. The molecule has 2 aliphatic rings. The van der Waals surface area contributed by atoms with Crippen LogP contribution >= 0.6 is 15.9 Å². The van der Waals surface area contributed by atoms with Crippen LogP contribution in [0.5, 0.6) is 0 Å². The van der Waals surface area contributed by atoms with E-state index in [9.17, 15) is 18.0 Å². The molecule has 1 aromatic rings. The lowest BCUT2D eigenvalue weighted by molar-refractivity contribution is -0.161. The summed E-state index contributed by atoms with van der Waals surface area (Å²) in [6.07, 6.45) is 0. The van der Waals surface area contributed by atoms with Crippen molar-refractivity contribution in [2.75, 3.05) is 0 Å². The number of halogens is 1. The van der Waals surface area contributed by atoms with Crippen molar-refractivity contribution in [1.82, 2.24) is 4.90 Å². The lowest BCUT2D eigenvalue weighted by Gasteiger charge is -2.40. The van der Waals surface area contributed by atoms with Gasteiger partial charge in [-0.25, -0.2) is 13.2 Å². The molecule has 2 fully saturated rings. The van der Waals surface area contributed by atoms with Crippen LogP contribution in [0, 0.1) is 0 Å². The molecular weight excluding hydrogens is 386 g/mol. The summed E-state index contributed by atoms with van der Waals surface area (Å²) in [7, 11) is -3.67. The molecule has 2 saturated heterocycles. The fourth-order valence-corrected chi connectivity index (χ4v) is 6.48. The fourth-order valence-electron chi connectivity index (χ4n) is 3.04. The molecule has 3 atom stereocenters. The van der Waals surface area contributed by atoms with Gasteiger partial charge in [-0.05, 0) is 19.4 Å². The number of fused-ring (bicyclic) bond motifs is 1. The van der Waals surface area contributed by atoms with Gasteiger partial charge in [0.05, 0.1) is 0 Å². The molecule has 3 rings (SSSR count). The third kappa shape index (κ3) is 2.22. The molecule has 1 aromatic carbocycles. The van der Waals surface area contributed by atoms with Gasteiger partial charge < -0.3 is 9.64 Å². The quantitative estimate of drug-likeness (QED) is 0.432.